The summed E-state index contributed by atoms with van der Waals surface area (Å²) in [5.74, 6) is 0.000132. The molecule has 121 valence electrons. The monoisotopic (exact) mass is 320 g/mol. The zero-order valence-corrected chi connectivity index (χ0v) is 12.7. The van der Waals surface area contributed by atoms with Crippen molar-refractivity contribution in [3.63, 3.8) is 0 Å². The Morgan fingerprint density at radius 2 is 1.91 bits per heavy atom. The third-order valence-electron chi connectivity index (χ3n) is 3.86. The average Bonchev–Trinajstić information content (AvgIpc) is 2.54. The SMILES string of the molecule is Cc1cccc(N2[CH]CN(c3ncccc3C(F)(F)F)CC2)c1. The van der Waals surface area contributed by atoms with Crippen molar-refractivity contribution in [3.8, 4) is 0 Å². The maximum absolute atomic E-state index is 13.1. The fourth-order valence-corrected chi connectivity index (χ4v) is 2.71. The first-order chi connectivity index (χ1) is 10.9. The molecule has 1 aliphatic heterocycles. The number of rotatable bonds is 2. The van der Waals surface area contributed by atoms with Gasteiger partial charge >= 0.3 is 6.18 Å². The summed E-state index contributed by atoms with van der Waals surface area (Å²) in [6.07, 6.45) is -2.99. The first-order valence-electron chi connectivity index (χ1n) is 7.39. The van der Waals surface area contributed by atoms with Gasteiger partial charge in [0.05, 0.1) is 12.1 Å². The minimum atomic E-state index is -4.39. The largest absolute Gasteiger partial charge is 0.419 e. The van der Waals surface area contributed by atoms with Crippen molar-refractivity contribution in [2.75, 3.05) is 29.4 Å². The van der Waals surface area contributed by atoms with E-state index in [9.17, 15) is 13.2 Å². The van der Waals surface area contributed by atoms with Crippen LogP contribution in [-0.4, -0.2) is 24.6 Å². The molecule has 23 heavy (non-hydrogen) atoms. The summed E-state index contributed by atoms with van der Waals surface area (Å²) in [5, 5.41) is 0. The fourth-order valence-electron chi connectivity index (χ4n) is 2.71. The lowest BCUT2D eigenvalue weighted by atomic mass is 10.1. The molecule has 1 aliphatic rings. The molecule has 0 unspecified atom stereocenters. The summed E-state index contributed by atoms with van der Waals surface area (Å²) in [6.45, 7) is 5.44. The van der Waals surface area contributed by atoms with Gasteiger partial charge in [-0.1, -0.05) is 12.1 Å². The van der Waals surface area contributed by atoms with E-state index in [2.05, 4.69) is 16.0 Å². The van der Waals surface area contributed by atoms with Gasteiger partial charge in [-0.3, -0.25) is 0 Å². The highest BCUT2D eigenvalue weighted by Gasteiger charge is 2.36. The van der Waals surface area contributed by atoms with Gasteiger partial charge in [0.25, 0.3) is 0 Å². The molecule has 0 aliphatic carbocycles. The molecule has 2 aromatic rings. The van der Waals surface area contributed by atoms with Crippen molar-refractivity contribution in [3.05, 3.63) is 60.3 Å². The van der Waals surface area contributed by atoms with Gasteiger partial charge < -0.3 is 9.80 Å². The van der Waals surface area contributed by atoms with E-state index in [1.54, 1.807) is 4.90 Å². The van der Waals surface area contributed by atoms with Crippen LogP contribution in [0, 0.1) is 13.5 Å². The first kappa shape index (κ1) is 15.6. The van der Waals surface area contributed by atoms with Crippen LogP contribution in [0.2, 0.25) is 0 Å². The Kier molecular flexibility index (Phi) is 4.15. The zero-order chi connectivity index (χ0) is 16.4. The highest BCUT2D eigenvalue weighted by Crippen LogP contribution is 2.35. The number of benzene rings is 1. The van der Waals surface area contributed by atoms with Crippen LogP contribution in [-0.2, 0) is 6.18 Å². The summed E-state index contributed by atoms with van der Waals surface area (Å²) < 4.78 is 39.3. The van der Waals surface area contributed by atoms with Gasteiger partial charge in [-0.25, -0.2) is 4.98 Å². The van der Waals surface area contributed by atoms with Crippen LogP contribution in [0.4, 0.5) is 24.7 Å². The highest BCUT2D eigenvalue weighted by atomic mass is 19.4. The number of anilines is 2. The molecular weight excluding hydrogens is 303 g/mol. The van der Waals surface area contributed by atoms with Gasteiger partial charge in [0.2, 0.25) is 0 Å². The molecule has 0 amide bonds. The molecular formula is C17H17F3N3. The number of aryl methyl sites for hydroxylation is 1. The highest BCUT2D eigenvalue weighted by molar-refractivity contribution is 5.55. The molecule has 1 fully saturated rings. The van der Waals surface area contributed by atoms with Gasteiger partial charge in [0, 0.05) is 31.5 Å². The first-order valence-corrected chi connectivity index (χ1v) is 7.39. The van der Waals surface area contributed by atoms with E-state index < -0.39 is 11.7 Å². The molecule has 0 atom stereocenters. The summed E-state index contributed by atoms with van der Waals surface area (Å²) in [6, 6.07) is 10.5. The van der Waals surface area contributed by atoms with Crippen LogP contribution in [0.15, 0.2) is 42.6 Å². The topological polar surface area (TPSA) is 19.4 Å². The minimum absolute atomic E-state index is 0.000132. The molecule has 1 aromatic carbocycles. The van der Waals surface area contributed by atoms with E-state index in [0.717, 1.165) is 17.3 Å². The van der Waals surface area contributed by atoms with Crippen LogP contribution in [0.25, 0.3) is 0 Å². The third-order valence-corrected chi connectivity index (χ3v) is 3.86. The molecule has 3 nitrogen and oxygen atoms in total. The summed E-state index contributed by atoms with van der Waals surface area (Å²) in [7, 11) is 0. The lowest BCUT2D eigenvalue weighted by molar-refractivity contribution is -0.137. The van der Waals surface area contributed by atoms with Crippen molar-refractivity contribution >= 4 is 11.5 Å². The minimum Gasteiger partial charge on any atom is -0.363 e. The molecule has 1 radical (unpaired) electrons. The summed E-state index contributed by atoms with van der Waals surface area (Å²) in [5.41, 5.74) is 1.53. The van der Waals surface area contributed by atoms with E-state index in [-0.39, 0.29) is 5.82 Å². The third kappa shape index (κ3) is 3.41. The van der Waals surface area contributed by atoms with Crippen LogP contribution in [0.3, 0.4) is 0 Å². The smallest absolute Gasteiger partial charge is 0.363 e. The maximum Gasteiger partial charge on any atom is 0.419 e. The Balaban J connectivity index is 1.75. The predicted octanol–water partition coefficient (Wildman–Crippen LogP) is 3.90. The van der Waals surface area contributed by atoms with Crippen LogP contribution in [0.5, 0.6) is 0 Å². The number of nitrogens with zero attached hydrogens (tertiary/aromatic N) is 3. The molecule has 3 rings (SSSR count). The van der Waals surface area contributed by atoms with Crippen molar-refractivity contribution in [1.82, 2.24) is 4.98 Å². The molecule has 0 N–H and O–H groups in total. The zero-order valence-electron chi connectivity index (χ0n) is 12.7. The maximum atomic E-state index is 13.1. The molecule has 0 bridgehead atoms. The van der Waals surface area contributed by atoms with Gasteiger partial charge in [-0.15, -0.1) is 0 Å². The number of hydrogen-bond acceptors (Lipinski definition) is 3. The quantitative estimate of drug-likeness (QED) is 0.837. The van der Waals surface area contributed by atoms with Crippen molar-refractivity contribution < 1.29 is 13.2 Å². The number of pyridine rings is 1. The Labute approximate surface area is 133 Å². The second-order valence-corrected chi connectivity index (χ2v) is 5.53. The lowest BCUT2D eigenvalue weighted by Gasteiger charge is -2.37. The van der Waals surface area contributed by atoms with Gasteiger partial charge in [0.1, 0.15) is 5.82 Å². The average molecular weight is 320 g/mol. The van der Waals surface area contributed by atoms with Crippen molar-refractivity contribution in [2.24, 2.45) is 0 Å². The molecule has 6 heteroatoms. The molecule has 0 spiro atoms. The Hall–Kier alpha value is -2.24. The van der Waals surface area contributed by atoms with Crippen LogP contribution < -0.4 is 9.80 Å². The second-order valence-electron chi connectivity index (χ2n) is 5.53. The normalized spacial score (nSPS) is 15.8. The van der Waals surface area contributed by atoms with E-state index >= 15 is 0 Å². The lowest BCUT2D eigenvalue weighted by Crippen LogP contribution is -2.44. The Morgan fingerprint density at radius 1 is 1.09 bits per heavy atom. The Morgan fingerprint density at radius 3 is 2.57 bits per heavy atom. The fraction of sp³-hybridized carbons (Fsp3) is 0.294. The van der Waals surface area contributed by atoms with E-state index in [1.807, 2.05) is 31.7 Å². The second kappa shape index (κ2) is 6.10. The van der Waals surface area contributed by atoms with Gasteiger partial charge in [-0.05, 0) is 36.8 Å². The summed E-state index contributed by atoms with van der Waals surface area (Å²) in [4.78, 5) is 7.68. The van der Waals surface area contributed by atoms with Crippen molar-refractivity contribution in [1.29, 1.82) is 0 Å². The number of alkyl halides is 3. The Bertz CT molecular complexity index is 677. The van der Waals surface area contributed by atoms with Gasteiger partial charge in [-0.2, -0.15) is 13.2 Å². The van der Waals surface area contributed by atoms with Gasteiger partial charge in [0.15, 0.2) is 0 Å². The molecule has 1 saturated heterocycles. The standard InChI is InChI=1S/C17H17F3N3/c1-13-4-2-5-14(12-13)22-8-10-23(11-9-22)16-15(17(18,19)20)6-3-7-21-16/h2-8,12H,9-11H2,1H3. The number of piperazine rings is 1. The van der Waals surface area contributed by atoms with E-state index in [1.165, 1.54) is 12.3 Å². The molecule has 1 aromatic heterocycles. The number of aromatic nitrogens is 1. The number of halogens is 3. The van der Waals surface area contributed by atoms with E-state index in [0.29, 0.717) is 19.6 Å². The summed E-state index contributed by atoms with van der Waals surface area (Å²) >= 11 is 0. The number of hydrogen-bond donors (Lipinski definition) is 0. The van der Waals surface area contributed by atoms with Crippen LogP contribution >= 0.6 is 0 Å². The van der Waals surface area contributed by atoms with E-state index in [4.69, 9.17) is 0 Å². The van der Waals surface area contributed by atoms with Crippen LogP contribution in [0.1, 0.15) is 11.1 Å². The van der Waals surface area contributed by atoms with Crippen molar-refractivity contribution in [2.45, 2.75) is 13.1 Å². The molecule has 2 heterocycles. The molecule has 0 saturated carbocycles. The predicted molar refractivity (Wildman–Crippen MR) is 84.3 cm³/mol.